The predicted molar refractivity (Wildman–Crippen MR) is 90.9 cm³/mol. The minimum absolute atomic E-state index is 0.00554. The first-order chi connectivity index (χ1) is 12.1. The summed E-state index contributed by atoms with van der Waals surface area (Å²) in [7, 11) is 0. The molecule has 2 aliphatic rings. The average Bonchev–Trinajstić information content (AvgIpc) is 3.15. The minimum atomic E-state index is -0.566. The highest BCUT2D eigenvalue weighted by atomic mass is 16.5. The van der Waals surface area contributed by atoms with E-state index in [1.807, 2.05) is 13.0 Å². The van der Waals surface area contributed by atoms with Crippen LogP contribution >= 0.6 is 0 Å². The van der Waals surface area contributed by atoms with Gasteiger partial charge in [-0.2, -0.15) is 0 Å². The molecule has 0 aliphatic carbocycles. The van der Waals surface area contributed by atoms with Crippen LogP contribution in [0.1, 0.15) is 31.7 Å². The number of carbonyl (C=O) groups is 2. The molecule has 1 aromatic rings. The van der Waals surface area contributed by atoms with Crippen molar-refractivity contribution < 1.29 is 19.1 Å². The van der Waals surface area contributed by atoms with Crippen molar-refractivity contribution in [3.8, 4) is 5.75 Å². The zero-order valence-corrected chi connectivity index (χ0v) is 14.5. The lowest BCUT2D eigenvalue weighted by molar-refractivity contribution is -0.134. The van der Waals surface area contributed by atoms with Crippen molar-refractivity contribution in [1.82, 2.24) is 15.6 Å². The molecule has 0 radical (unpaired) electrons. The molecule has 2 unspecified atom stereocenters. The Morgan fingerprint density at radius 3 is 3.16 bits per heavy atom. The van der Waals surface area contributed by atoms with Crippen LogP contribution < -0.4 is 15.4 Å². The molecule has 7 heteroatoms. The molecule has 3 rings (SSSR count). The van der Waals surface area contributed by atoms with E-state index in [1.165, 1.54) is 0 Å². The predicted octanol–water partition coefficient (Wildman–Crippen LogP) is 1.03. The number of rotatable bonds is 6. The summed E-state index contributed by atoms with van der Waals surface area (Å²) < 4.78 is 11.2. The number of carbonyl (C=O) groups excluding carboxylic acids is 2. The number of aromatic nitrogens is 1. The van der Waals surface area contributed by atoms with E-state index in [-0.39, 0.29) is 11.8 Å². The quantitative estimate of drug-likeness (QED) is 0.802. The largest absolute Gasteiger partial charge is 0.491 e. The topological polar surface area (TPSA) is 89.6 Å². The highest BCUT2D eigenvalue weighted by Gasteiger charge is 2.36. The third-order valence-electron chi connectivity index (χ3n) is 4.94. The van der Waals surface area contributed by atoms with Gasteiger partial charge < -0.3 is 20.1 Å². The fourth-order valence-corrected chi connectivity index (χ4v) is 3.05. The molecule has 0 saturated carbocycles. The van der Waals surface area contributed by atoms with Gasteiger partial charge in [0.2, 0.25) is 11.8 Å². The zero-order chi connectivity index (χ0) is 17.7. The van der Waals surface area contributed by atoms with E-state index in [2.05, 4.69) is 15.6 Å². The molecule has 0 spiro atoms. The van der Waals surface area contributed by atoms with Gasteiger partial charge in [-0.25, -0.2) is 0 Å². The fourth-order valence-electron chi connectivity index (χ4n) is 3.05. The number of nitrogens with one attached hydrogen (secondary N) is 2. The van der Waals surface area contributed by atoms with Crippen LogP contribution in [0, 0.1) is 11.3 Å². The van der Waals surface area contributed by atoms with E-state index >= 15 is 0 Å². The molecule has 2 aliphatic heterocycles. The summed E-state index contributed by atoms with van der Waals surface area (Å²) in [5, 5.41) is 5.74. The molecule has 0 aromatic carbocycles. The first-order valence-electron chi connectivity index (χ1n) is 8.75. The van der Waals surface area contributed by atoms with Gasteiger partial charge >= 0.3 is 0 Å². The van der Waals surface area contributed by atoms with Gasteiger partial charge in [0.1, 0.15) is 5.75 Å². The summed E-state index contributed by atoms with van der Waals surface area (Å²) in [6.07, 6.45) is 5.33. The first kappa shape index (κ1) is 17.7. The van der Waals surface area contributed by atoms with Crippen LogP contribution in [0.25, 0.3) is 0 Å². The van der Waals surface area contributed by atoms with E-state index in [4.69, 9.17) is 9.47 Å². The maximum atomic E-state index is 12.5. The number of hydrogen-bond acceptors (Lipinski definition) is 5. The number of ether oxygens (including phenoxy) is 2. The number of piperidine rings is 1. The molecule has 2 saturated heterocycles. The van der Waals surface area contributed by atoms with Crippen molar-refractivity contribution in [3.05, 3.63) is 24.0 Å². The van der Waals surface area contributed by atoms with Crippen molar-refractivity contribution in [2.24, 2.45) is 11.3 Å². The van der Waals surface area contributed by atoms with Crippen LogP contribution in [-0.4, -0.2) is 43.2 Å². The Kier molecular flexibility index (Phi) is 5.53. The maximum Gasteiger partial charge on any atom is 0.228 e. The van der Waals surface area contributed by atoms with Crippen LogP contribution in [0.3, 0.4) is 0 Å². The molecular weight excluding hydrogens is 322 g/mol. The molecule has 136 valence electrons. The molecule has 1 aromatic heterocycles. The fraction of sp³-hybridized carbons (Fsp3) is 0.611. The van der Waals surface area contributed by atoms with Crippen LogP contribution in [0.4, 0.5) is 0 Å². The van der Waals surface area contributed by atoms with Gasteiger partial charge in [0.05, 0.1) is 24.8 Å². The molecule has 2 amide bonds. The van der Waals surface area contributed by atoms with Crippen LogP contribution in [0.5, 0.6) is 5.75 Å². The second-order valence-electron chi connectivity index (χ2n) is 7.04. The van der Waals surface area contributed by atoms with Gasteiger partial charge in [-0.15, -0.1) is 0 Å². The van der Waals surface area contributed by atoms with Gasteiger partial charge in [0.15, 0.2) is 0 Å². The van der Waals surface area contributed by atoms with Gasteiger partial charge in [0, 0.05) is 43.8 Å². The summed E-state index contributed by atoms with van der Waals surface area (Å²) >= 11 is 0. The number of amides is 2. The molecule has 0 bridgehead atoms. The van der Waals surface area contributed by atoms with Gasteiger partial charge in [0.25, 0.3) is 0 Å². The van der Waals surface area contributed by atoms with Crippen LogP contribution in [0.2, 0.25) is 0 Å². The Hall–Kier alpha value is -2.15. The first-order valence-corrected chi connectivity index (χ1v) is 8.75. The Labute approximate surface area is 147 Å². The van der Waals surface area contributed by atoms with Crippen LogP contribution in [-0.2, 0) is 20.9 Å². The Morgan fingerprint density at radius 2 is 2.44 bits per heavy atom. The highest BCUT2D eigenvalue weighted by molar-refractivity contribution is 5.86. The van der Waals surface area contributed by atoms with Crippen molar-refractivity contribution in [3.63, 3.8) is 0 Å². The standard InChI is InChI=1S/C18H25N3O4/c1-18(5-2-16(22)21-12-18)17(23)20-8-14-3-6-19-9-15(14)25-11-13-4-7-24-10-13/h3,6,9,13H,2,4-5,7-8,10-12H2,1H3,(H,20,23)(H,21,22). The maximum absolute atomic E-state index is 12.5. The molecule has 25 heavy (non-hydrogen) atoms. The Balaban J connectivity index is 1.55. The monoisotopic (exact) mass is 347 g/mol. The summed E-state index contributed by atoms with van der Waals surface area (Å²) in [5.74, 6) is 1.05. The second kappa shape index (κ2) is 7.82. The SMILES string of the molecule is CC1(C(=O)NCc2ccncc2OCC2CCOC2)CCC(=O)NC1. The third-order valence-corrected chi connectivity index (χ3v) is 4.94. The summed E-state index contributed by atoms with van der Waals surface area (Å²) in [4.78, 5) is 28.0. The lowest BCUT2D eigenvalue weighted by Gasteiger charge is -2.32. The zero-order valence-electron chi connectivity index (χ0n) is 14.5. The van der Waals surface area contributed by atoms with Gasteiger partial charge in [-0.05, 0) is 25.8 Å². The number of pyridine rings is 1. The normalized spacial score (nSPS) is 26.1. The van der Waals surface area contributed by atoms with Crippen molar-refractivity contribution >= 4 is 11.8 Å². The lowest BCUT2D eigenvalue weighted by Crippen LogP contribution is -2.50. The molecule has 2 N–H and O–H groups in total. The summed E-state index contributed by atoms with van der Waals surface area (Å²) in [6.45, 7) is 4.75. The van der Waals surface area contributed by atoms with Gasteiger partial charge in [-0.3, -0.25) is 14.6 Å². The van der Waals surface area contributed by atoms with Crippen LogP contribution in [0.15, 0.2) is 18.5 Å². The number of hydrogen-bond donors (Lipinski definition) is 2. The van der Waals surface area contributed by atoms with E-state index in [0.29, 0.717) is 44.2 Å². The second-order valence-corrected chi connectivity index (χ2v) is 7.04. The Bertz CT molecular complexity index is 619. The number of nitrogens with zero attached hydrogens (tertiary/aromatic N) is 1. The molecule has 2 fully saturated rings. The molecule has 2 atom stereocenters. The summed E-state index contributed by atoms with van der Waals surface area (Å²) in [5.41, 5.74) is 0.328. The minimum Gasteiger partial charge on any atom is -0.491 e. The lowest BCUT2D eigenvalue weighted by atomic mass is 9.81. The van der Waals surface area contributed by atoms with Gasteiger partial charge in [-0.1, -0.05) is 0 Å². The van der Waals surface area contributed by atoms with Crippen molar-refractivity contribution in [2.45, 2.75) is 32.7 Å². The highest BCUT2D eigenvalue weighted by Crippen LogP contribution is 2.26. The summed E-state index contributed by atoms with van der Waals surface area (Å²) in [6, 6.07) is 1.85. The average molecular weight is 347 g/mol. The molecule has 3 heterocycles. The van der Waals surface area contributed by atoms with Crippen molar-refractivity contribution in [2.75, 3.05) is 26.4 Å². The van der Waals surface area contributed by atoms with E-state index in [0.717, 1.165) is 25.2 Å². The molecule has 7 nitrogen and oxygen atoms in total. The van der Waals surface area contributed by atoms with E-state index in [1.54, 1.807) is 12.4 Å². The Morgan fingerprint density at radius 1 is 1.56 bits per heavy atom. The smallest absolute Gasteiger partial charge is 0.228 e. The third kappa shape index (κ3) is 4.48. The van der Waals surface area contributed by atoms with Crippen molar-refractivity contribution in [1.29, 1.82) is 0 Å². The molecular formula is C18H25N3O4. The van der Waals surface area contributed by atoms with E-state index < -0.39 is 5.41 Å². The van der Waals surface area contributed by atoms with E-state index in [9.17, 15) is 9.59 Å².